The third-order valence-corrected chi connectivity index (χ3v) is 1.91. The zero-order chi connectivity index (χ0) is 7.84. The van der Waals surface area contributed by atoms with E-state index in [0.29, 0.717) is 0 Å². The molecule has 0 fully saturated rings. The highest BCUT2D eigenvalue weighted by atomic mass is 15.3. The largest absolute Gasteiger partial charge is 0.339 e. The van der Waals surface area contributed by atoms with E-state index in [2.05, 4.69) is 4.98 Å². The molecule has 0 aliphatic carbocycles. The molecule has 0 saturated heterocycles. The van der Waals surface area contributed by atoms with Gasteiger partial charge in [0.1, 0.15) is 0 Å². The van der Waals surface area contributed by atoms with Crippen molar-refractivity contribution in [3.8, 4) is 0 Å². The Hall–Kier alpha value is -1.51. The maximum atomic E-state index is 5.64. The van der Waals surface area contributed by atoms with Crippen molar-refractivity contribution in [3.63, 3.8) is 0 Å². The number of aryl methyl sites for hydroxylation is 1. The van der Waals surface area contributed by atoms with Crippen LogP contribution in [0.15, 0.2) is 24.7 Å². The molecular weight excluding hydrogens is 138 g/mol. The van der Waals surface area contributed by atoms with Crippen LogP contribution in [-0.2, 0) is 0 Å². The molecule has 0 aliphatic rings. The first kappa shape index (κ1) is 6.22. The van der Waals surface area contributed by atoms with E-state index < -0.39 is 0 Å². The summed E-state index contributed by atoms with van der Waals surface area (Å²) in [5.41, 5.74) is 1.07. The second-order valence-electron chi connectivity index (χ2n) is 2.58. The van der Waals surface area contributed by atoms with Gasteiger partial charge in [0.25, 0.3) is 0 Å². The van der Waals surface area contributed by atoms with E-state index in [9.17, 15) is 0 Å². The van der Waals surface area contributed by atoms with Gasteiger partial charge in [0.2, 0.25) is 0 Å². The average Bonchev–Trinajstić information content (AvgIpc) is 2.30. The number of nitrogens with zero attached hydrogens (tertiary/aromatic N) is 2. The van der Waals surface area contributed by atoms with Crippen LogP contribution in [0.1, 0.15) is 5.69 Å². The lowest BCUT2D eigenvalue weighted by Crippen LogP contribution is -2.07. The van der Waals surface area contributed by atoms with Crippen LogP contribution in [0.2, 0.25) is 0 Å². The fraction of sp³-hybridized carbons (Fsp3) is 0.125. The SMILES string of the molecule is Cc1c2ccncc2cn1N. The Balaban J connectivity index is 2.92. The predicted octanol–water partition coefficient (Wildman–Crippen LogP) is 1.06. The van der Waals surface area contributed by atoms with E-state index in [1.807, 2.05) is 25.4 Å². The van der Waals surface area contributed by atoms with E-state index >= 15 is 0 Å². The normalized spacial score (nSPS) is 10.6. The molecule has 0 unspecified atom stereocenters. The van der Waals surface area contributed by atoms with E-state index in [1.165, 1.54) is 5.39 Å². The van der Waals surface area contributed by atoms with Gasteiger partial charge in [-0.1, -0.05) is 0 Å². The lowest BCUT2D eigenvalue weighted by molar-refractivity contribution is 0.970. The second kappa shape index (κ2) is 1.99. The molecule has 0 saturated carbocycles. The summed E-state index contributed by atoms with van der Waals surface area (Å²) < 4.78 is 1.62. The van der Waals surface area contributed by atoms with E-state index in [-0.39, 0.29) is 0 Å². The van der Waals surface area contributed by atoms with Crippen LogP contribution in [0.5, 0.6) is 0 Å². The molecule has 0 aliphatic heterocycles. The van der Waals surface area contributed by atoms with E-state index in [0.717, 1.165) is 11.1 Å². The molecule has 0 amide bonds. The van der Waals surface area contributed by atoms with Crippen molar-refractivity contribution in [2.45, 2.75) is 6.92 Å². The third-order valence-electron chi connectivity index (χ3n) is 1.91. The third kappa shape index (κ3) is 0.774. The van der Waals surface area contributed by atoms with Crippen LogP contribution >= 0.6 is 0 Å². The first-order valence-electron chi connectivity index (χ1n) is 3.46. The summed E-state index contributed by atoms with van der Waals surface area (Å²) in [6.07, 6.45) is 5.46. The van der Waals surface area contributed by atoms with Gasteiger partial charge >= 0.3 is 0 Å². The van der Waals surface area contributed by atoms with Crippen LogP contribution < -0.4 is 5.84 Å². The summed E-state index contributed by atoms with van der Waals surface area (Å²) in [6.45, 7) is 1.99. The molecule has 0 radical (unpaired) electrons. The van der Waals surface area contributed by atoms with Gasteiger partial charge in [0.05, 0.1) is 0 Å². The van der Waals surface area contributed by atoms with Gasteiger partial charge in [-0.3, -0.25) is 9.66 Å². The Morgan fingerprint density at radius 1 is 1.55 bits per heavy atom. The predicted molar refractivity (Wildman–Crippen MR) is 44.6 cm³/mol. The maximum absolute atomic E-state index is 5.64. The molecule has 0 aromatic carbocycles. The fourth-order valence-corrected chi connectivity index (χ4v) is 1.22. The number of nitrogens with two attached hydrogens (primary N) is 1. The van der Waals surface area contributed by atoms with Gasteiger partial charge in [-0.15, -0.1) is 0 Å². The number of hydrogen-bond donors (Lipinski definition) is 1. The van der Waals surface area contributed by atoms with Crippen molar-refractivity contribution in [2.75, 3.05) is 5.84 Å². The lowest BCUT2D eigenvalue weighted by atomic mass is 10.2. The monoisotopic (exact) mass is 147 g/mol. The van der Waals surface area contributed by atoms with Gasteiger partial charge in [-0.05, 0) is 13.0 Å². The van der Waals surface area contributed by atoms with Gasteiger partial charge in [0, 0.05) is 35.1 Å². The van der Waals surface area contributed by atoms with Crippen LogP contribution in [0.3, 0.4) is 0 Å². The molecule has 2 rings (SSSR count). The van der Waals surface area contributed by atoms with Crippen molar-refractivity contribution in [3.05, 3.63) is 30.4 Å². The van der Waals surface area contributed by atoms with Crippen molar-refractivity contribution in [2.24, 2.45) is 0 Å². The minimum Gasteiger partial charge on any atom is -0.339 e. The highest BCUT2D eigenvalue weighted by Crippen LogP contribution is 2.16. The van der Waals surface area contributed by atoms with Crippen LogP contribution in [-0.4, -0.2) is 9.66 Å². The molecular formula is C8H9N3. The molecule has 0 spiro atoms. The van der Waals surface area contributed by atoms with Crippen molar-refractivity contribution in [1.82, 2.24) is 9.66 Å². The quantitative estimate of drug-likeness (QED) is 0.566. The minimum atomic E-state index is 1.07. The van der Waals surface area contributed by atoms with Crippen LogP contribution in [0.25, 0.3) is 10.8 Å². The highest BCUT2D eigenvalue weighted by Gasteiger charge is 2.00. The summed E-state index contributed by atoms with van der Waals surface area (Å²) in [5, 5.41) is 2.26. The smallest absolute Gasteiger partial charge is 0.0440 e. The number of fused-ring (bicyclic) bond motifs is 1. The van der Waals surface area contributed by atoms with Crippen molar-refractivity contribution in [1.29, 1.82) is 0 Å². The molecule has 0 atom stereocenters. The lowest BCUT2D eigenvalue weighted by Gasteiger charge is -1.93. The van der Waals surface area contributed by atoms with E-state index in [1.54, 1.807) is 10.9 Å². The molecule has 3 heteroatoms. The Morgan fingerprint density at radius 3 is 3.09 bits per heavy atom. The standard InChI is InChI=1S/C8H9N3/c1-6-8-2-3-10-4-7(8)5-11(6)9/h2-5H,9H2,1H3. The number of aromatic nitrogens is 2. The Kier molecular flexibility index (Phi) is 1.12. The second-order valence-corrected chi connectivity index (χ2v) is 2.58. The molecule has 2 aromatic rings. The molecule has 0 bridgehead atoms. The van der Waals surface area contributed by atoms with E-state index in [4.69, 9.17) is 5.84 Å². The zero-order valence-corrected chi connectivity index (χ0v) is 6.28. The summed E-state index contributed by atoms with van der Waals surface area (Å²) in [4.78, 5) is 4.00. The molecule has 2 aromatic heterocycles. The first-order chi connectivity index (χ1) is 5.29. The summed E-state index contributed by atoms with van der Waals surface area (Å²) >= 11 is 0. The summed E-state index contributed by atoms with van der Waals surface area (Å²) in [5.74, 6) is 5.64. The Labute approximate surface area is 64.4 Å². The first-order valence-corrected chi connectivity index (χ1v) is 3.46. The van der Waals surface area contributed by atoms with Gasteiger partial charge < -0.3 is 5.84 Å². The van der Waals surface area contributed by atoms with Crippen molar-refractivity contribution >= 4 is 10.8 Å². The number of pyridine rings is 1. The highest BCUT2D eigenvalue weighted by molar-refractivity contribution is 5.84. The molecule has 11 heavy (non-hydrogen) atoms. The average molecular weight is 147 g/mol. The fourth-order valence-electron chi connectivity index (χ4n) is 1.22. The minimum absolute atomic E-state index is 1.07. The Morgan fingerprint density at radius 2 is 2.36 bits per heavy atom. The molecule has 2 heterocycles. The molecule has 2 N–H and O–H groups in total. The van der Waals surface area contributed by atoms with Crippen LogP contribution in [0.4, 0.5) is 0 Å². The molecule has 56 valence electrons. The number of nitrogen functional groups attached to an aromatic ring is 1. The number of hydrogen-bond acceptors (Lipinski definition) is 2. The van der Waals surface area contributed by atoms with Crippen LogP contribution in [0, 0.1) is 6.92 Å². The topological polar surface area (TPSA) is 43.8 Å². The van der Waals surface area contributed by atoms with Gasteiger partial charge in [-0.25, -0.2) is 0 Å². The summed E-state index contributed by atoms with van der Waals surface area (Å²) in [6, 6.07) is 1.97. The van der Waals surface area contributed by atoms with Gasteiger partial charge in [0.15, 0.2) is 0 Å². The van der Waals surface area contributed by atoms with Crippen molar-refractivity contribution < 1.29 is 0 Å². The summed E-state index contributed by atoms with van der Waals surface area (Å²) in [7, 11) is 0. The zero-order valence-electron chi connectivity index (χ0n) is 6.28. The van der Waals surface area contributed by atoms with Gasteiger partial charge in [-0.2, -0.15) is 0 Å². The molecule has 3 nitrogen and oxygen atoms in total. The maximum Gasteiger partial charge on any atom is 0.0440 e. The Bertz CT molecular complexity index is 389. The number of rotatable bonds is 0.